The van der Waals surface area contributed by atoms with Crippen molar-refractivity contribution in [2.45, 2.75) is 60.6 Å². The average Bonchev–Trinajstić information content (AvgIpc) is 3.36. The van der Waals surface area contributed by atoms with Crippen LogP contribution in [0.15, 0.2) is 75.6 Å². The van der Waals surface area contributed by atoms with Crippen LogP contribution in [-0.4, -0.2) is 77.7 Å². The molecule has 1 saturated heterocycles. The summed E-state index contributed by atoms with van der Waals surface area (Å²) in [5.41, 5.74) is 3.42. The van der Waals surface area contributed by atoms with Crippen LogP contribution in [0.3, 0.4) is 0 Å². The van der Waals surface area contributed by atoms with Crippen LogP contribution in [0.2, 0.25) is 0 Å². The maximum absolute atomic E-state index is 14.1. The second kappa shape index (κ2) is 11.8. The fraction of sp³-hybridized carbons (Fsp3) is 0.382. The first-order valence-electron chi connectivity index (χ1n) is 15.2. The van der Waals surface area contributed by atoms with Gasteiger partial charge in [-0.3, -0.25) is 9.00 Å². The molecule has 0 aromatic heterocycles. The summed E-state index contributed by atoms with van der Waals surface area (Å²) in [4.78, 5) is 15.2. The quantitative estimate of drug-likeness (QED) is 0.131. The zero-order chi connectivity index (χ0) is 33.0. The van der Waals surface area contributed by atoms with Crippen LogP contribution in [-0.2, 0) is 29.1 Å². The molecule has 6 rings (SSSR count). The van der Waals surface area contributed by atoms with E-state index in [1.54, 1.807) is 24.3 Å². The molecule has 0 bridgehead atoms. The summed E-state index contributed by atoms with van der Waals surface area (Å²) in [6, 6.07) is 14.6. The normalized spacial score (nSPS) is 22.2. The van der Waals surface area contributed by atoms with Gasteiger partial charge in [-0.15, -0.1) is 0 Å². The standard InChI is InChI=1S/C34H38FN3O6S2/c1-34(2)15-13-24(14-16-34)45(4,41)25-9-11-27-28-12-10-26(20-30(28)32(36-40)29(27)19-25)46(42,43)38-18-17-37(21-31(38)33(39)44-3)23-7-5-22(35)6-8-23/h5-12,19-20,24,31,40H,4,13-18,21H2,1-3H3/b36-32+. The van der Waals surface area contributed by atoms with Crippen LogP contribution in [0.5, 0.6) is 0 Å². The van der Waals surface area contributed by atoms with Gasteiger partial charge in [0.1, 0.15) is 17.6 Å². The average molecular weight is 668 g/mol. The molecule has 0 amide bonds. The third-order valence-corrected chi connectivity index (χ3v) is 14.2. The second-order valence-corrected chi connectivity index (χ2v) is 17.5. The highest BCUT2D eigenvalue weighted by molar-refractivity contribution is 8.00. The molecule has 2 unspecified atom stereocenters. The lowest BCUT2D eigenvalue weighted by molar-refractivity contribution is -0.145. The van der Waals surface area contributed by atoms with Crippen LogP contribution in [0, 0.1) is 11.2 Å². The van der Waals surface area contributed by atoms with E-state index in [1.165, 1.54) is 31.4 Å². The minimum atomic E-state index is -4.22. The Morgan fingerprint density at radius 2 is 1.52 bits per heavy atom. The van der Waals surface area contributed by atoms with Crippen molar-refractivity contribution < 1.29 is 31.8 Å². The summed E-state index contributed by atoms with van der Waals surface area (Å²) in [6.45, 7) is 4.72. The minimum Gasteiger partial charge on any atom is -0.468 e. The lowest BCUT2D eigenvalue weighted by Crippen LogP contribution is -2.58. The highest BCUT2D eigenvalue weighted by atomic mass is 32.2. The van der Waals surface area contributed by atoms with Crippen molar-refractivity contribution in [3.8, 4) is 11.1 Å². The lowest BCUT2D eigenvalue weighted by atomic mass is 9.77. The van der Waals surface area contributed by atoms with E-state index in [9.17, 15) is 27.0 Å². The molecule has 1 saturated carbocycles. The van der Waals surface area contributed by atoms with Crippen molar-refractivity contribution in [3.63, 3.8) is 0 Å². The molecular weight excluding hydrogens is 630 g/mol. The summed E-state index contributed by atoms with van der Waals surface area (Å²) >= 11 is 0. The molecule has 1 heterocycles. The zero-order valence-electron chi connectivity index (χ0n) is 26.1. The number of benzene rings is 3. The number of sulfonamides is 1. The minimum absolute atomic E-state index is 0.0166. The van der Waals surface area contributed by atoms with Gasteiger partial charge in [0.05, 0.1) is 12.0 Å². The molecule has 1 aliphatic heterocycles. The van der Waals surface area contributed by atoms with E-state index in [-0.39, 0.29) is 40.9 Å². The molecule has 12 heteroatoms. The number of halogens is 1. The fourth-order valence-corrected chi connectivity index (χ4v) is 10.5. The molecule has 244 valence electrons. The van der Waals surface area contributed by atoms with Crippen molar-refractivity contribution in [2.75, 3.05) is 31.6 Å². The molecule has 2 aliphatic carbocycles. The van der Waals surface area contributed by atoms with Gasteiger partial charge in [-0.25, -0.2) is 12.8 Å². The van der Waals surface area contributed by atoms with Crippen molar-refractivity contribution in [1.29, 1.82) is 0 Å². The van der Waals surface area contributed by atoms with Crippen LogP contribution in [0.4, 0.5) is 10.1 Å². The number of hydrogen-bond donors (Lipinski definition) is 1. The number of oxime groups is 1. The third-order valence-electron chi connectivity index (χ3n) is 9.71. The number of hydrogen-bond acceptors (Lipinski definition) is 8. The van der Waals surface area contributed by atoms with Gasteiger partial charge >= 0.3 is 5.97 Å². The van der Waals surface area contributed by atoms with Crippen molar-refractivity contribution in [3.05, 3.63) is 77.6 Å². The first kappa shape index (κ1) is 32.2. The SMILES string of the molecule is C=S(=O)(c1ccc2c(c1)/C(=N\O)c1cc(S(=O)(=O)N3CCN(c4ccc(F)cc4)CC3C(=O)OC)ccc1-2)C1CCC(C)(C)CC1. The number of methoxy groups -OCH3 is 1. The number of esters is 1. The van der Waals surface area contributed by atoms with E-state index >= 15 is 0 Å². The topological polar surface area (TPSA) is 117 Å². The summed E-state index contributed by atoms with van der Waals surface area (Å²) in [6.07, 6.45) is 3.58. The molecule has 46 heavy (non-hydrogen) atoms. The molecule has 3 aliphatic rings. The highest BCUT2D eigenvalue weighted by Crippen LogP contribution is 2.43. The molecular formula is C34H38FN3O6S2. The number of fused-ring (bicyclic) bond motifs is 3. The van der Waals surface area contributed by atoms with Gasteiger partial charge in [-0.05, 0) is 106 Å². The highest BCUT2D eigenvalue weighted by Gasteiger charge is 2.42. The van der Waals surface area contributed by atoms with Crippen LogP contribution in [0.25, 0.3) is 11.1 Å². The maximum atomic E-state index is 14.1. The summed E-state index contributed by atoms with van der Waals surface area (Å²) in [7, 11) is -5.67. The van der Waals surface area contributed by atoms with E-state index in [0.717, 1.165) is 35.6 Å². The van der Waals surface area contributed by atoms with Gasteiger partial charge < -0.3 is 14.8 Å². The van der Waals surface area contributed by atoms with Gasteiger partial charge in [0, 0.05) is 46.6 Å². The number of carbonyl (C=O) groups excluding carboxylic acids is 1. The van der Waals surface area contributed by atoms with Gasteiger partial charge in [0.25, 0.3) is 0 Å². The molecule has 3 aromatic rings. The third kappa shape index (κ3) is 5.60. The van der Waals surface area contributed by atoms with Crippen LogP contribution >= 0.6 is 0 Å². The van der Waals surface area contributed by atoms with Crippen molar-refractivity contribution in [2.24, 2.45) is 10.6 Å². The maximum Gasteiger partial charge on any atom is 0.326 e. The molecule has 0 spiro atoms. The van der Waals surface area contributed by atoms with Gasteiger partial charge in [0.15, 0.2) is 0 Å². The first-order valence-corrected chi connectivity index (χ1v) is 18.5. The molecule has 2 atom stereocenters. The Morgan fingerprint density at radius 1 is 0.935 bits per heavy atom. The van der Waals surface area contributed by atoms with Crippen LogP contribution < -0.4 is 4.90 Å². The zero-order valence-corrected chi connectivity index (χ0v) is 27.7. The van der Waals surface area contributed by atoms with E-state index in [4.69, 9.17) is 4.74 Å². The summed E-state index contributed by atoms with van der Waals surface area (Å²) in [5.74, 6) is 3.06. The van der Waals surface area contributed by atoms with E-state index in [0.29, 0.717) is 27.3 Å². The Kier molecular flexibility index (Phi) is 8.27. The Hall–Kier alpha value is -3.74. The molecule has 3 aromatic carbocycles. The van der Waals surface area contributed by atoms with Crippen molar-refractivity contribution >= 4 is 42.8 Å². The fourth-order valence-electron chi connectivity index (χ4n) is 6.89. The second-order valence-electron chi connectivity index (χ2n) is 13.0. The lowest BCUT2D eigenvalue weighted by Gasteiger charge is -2.40. The number of carbonyl (C=O) groups is 1. The molecule has 9 nitrogen and oxygen atoms in total. The Labute approximate surface area is 269 Å². The van der Waals surface area contributed by atoms with Gasteiger partial charge in [0.2, 0.25) is 10.0 Å². The summed E-state index contributed by atoms with van der Waals surface area (Å²) < 4.78 is 61.8. The predicted molar refractivity (Wildman–Crippen MR) is 177 cm³/mol. The number of rotatable bonds is 6. The van der Waals surface area contributed by atoms with Crippen molar-refractivity contribution in [1.82, 2.24) is 4.31 Å². The number of nitrogens with zero attached hydrogens (tertiary/aromatic N) is 3. The molecule has 0 radical (unpaired) electrons. The predicted octanol–water partition coefficient (Wildman–Crippen LogP) is 5.13. The number of anilines is 1. The Bertz CT molecular complexity index is 1930. The first-order chi connectivity index (χ1) is 21.8. The van der Waals surface area contributed by atoms with Gasteiger partial charge in [-0.2, -0.15) is 4.31 Å². The molecule has 1 N–H and O–H groups in total. The smallest absolute Gasteiger partial charge is 0.326 e. The summed E-state index contributed by atoms with van der Waals surface area (Å²) in [5, 5.41) is 13.7. The Morgan fingerprint density at radius 3 is 2.11 bits per heavy atom. The number of piperazine rings is 1. The largest absolute Gasteiger partial charge is 0.468 e. The van der Waals surface area contributed by atoms with E-state index in [2.05, 4.69) is 24.9 Å². The number of ether oxygens (including phenoxy) is 1. The monoisotopic (exact) mass is 667 g/mol. The molecule has 2 fully saturated rings. The van der Waals surface area contributed by atoms with E-state index < -0.39 is 37.4 Å². The van der Waals surface area contributed by atoms with Gasteiger partial charge in [-0.1, -0.05) is 31.1 Å². The van der Waals surface area contributed by atoms with E-state index in [1.807, 2.05) is 17.0 Å². The van der Waals surface area contributed by atoms with Crippen LogP contribution in [0.1, 0.15) is 50.7 Å². The Balaban J connectivity index is 1.30.